The van der Waals surface area contributed by atoms with E-state index in [1.807, 2.05) is 55.5 Å². The van der Waals surface area contributed by atoms with Crippen LogP contribution >= 0.6 is 0 Å². The second kappa shape index (κ2) is 9.02. The van der Waals surface area contributed by atoms with Gasteiger partial charge in [-0.2, -0.15) is 13.2 Å². The molecule has 1 heterocycles. The first-order valence-corrected chi connectivity index (χ1v) is 10.5. The Labute approximate surface area is 190 Å². The largest absolute Gasteiger partial charge is 0.497 e. The number of hydrogen-bond donors (Lipinski definition) is 1. The van der Waals surface area contributed by atoms with E-state index in [0.717, 1.165) is 23.3 Å². The van der Waals surface area contributed by atoms with E-state index in [4.69, 9.17) is 4.74 Å². The first-order valence-electron chi connectivity index (χ1n) is 10.5. The van der Waals surface area contributed by atoms with E-state index in [1.54, 1.807) is 19.3 Å². The molecule has 0 saturated heterocycles. The highest BCUT2D eigenvalue weighted by atomic mass is 19.4. The smallest absolute Gasteiger partial charge is 0.416 e. The minimum atomic E-state index is -4.45. The standard InChI is InChI=1S/C26H23F3N2O2/c1-17(18-7-4-3-5-8-18)30-23-16-24(19-9-6-10-22(15-19)33-2)31(25(23)32)21-13-11-20(12-14-21)26(27,28)29/h3-17,24,30H,1-2H3/t17-,24-/m1/s1. The van der Waals surface area contributed by atoms with Crippen LogP contribution in [0, 0.1) is 0 Å². The van der Waals surface area contributed by atoms with Crippen molar-refractivity contribution in [2.75, 3.05) is 12.0 Å². The molecule has 0 bridgehead atoms. The number of amides is 1. The van der Waals surface area contributed by atoms with Gasteiger partial charge >= 0.3 is 6.18 Å². The first kappa shape index (κ1) is 22.5. The molecule has 0 unspecified atom stereocenters. The van der Waals surface area contributed by atoms with Crippen molar-refractivity contribution in [1.29, 1.82) is 0 Å². The van der Waals surface area contributed by atoms with Crippen LogP contribution in [0.2, 0.25) is 0 Å². The number of rotatable bonds is 6. The quantitative estimate of drug-likeness (QED) is 0.496. The molecule has 0 aliphatic carbocycles. The number of alkyl halides is 3. The molecule has 1 aliphatic heterocycles. The Morgan fingerprint density at radius 3 is 2.30 bits per heavy atom. The summed E-state index contributed by atoms with van der Waals surface area (Å²) in [5.41, 5.74) is 1.80. The highest BCUT2D eigenvalue weighted by Gasteiger charge is 2.36. The van der Waals surface area contributed by atoms with Crippen LogP contribution in [0.4, 0.5) is 18.9 Å². The Bertz CT molecular complexity index is 1160. The lowest BCUT2D eigenvalue weighted by Gasteiger charge is -2.26. The van der Waals surface area contributed by atoms with E-state index < -0.39 is 17.8 Å². The van der Waals surface area contributed by atoms with Gasteiger partial charge in [0.05, 0.1) is 24.4 Å². The molecule has 33 heavy (non-hydrogen) atoms. The molecule has 1 amide bonds. The van der Waals surface area contributed by atoms with Gasteiger partial charge in [0.1, 0.15) is 5.75 Å². The summed E-state index contributed by atoms with van der Waals surface area (Å²) in [7, 11) is 1.55. The molecule has 4 rings (SSSR count). The van der Waals surface area contributed by atoms with Crippen LogP contribution in [0.3, 0.4) is 0 Å². The van der Waals surface area contributed by atoms with Crippen LogP contribution in [-0.2, 0) is 11.0 Å². The van der Waals surface area contributed by atoms with Crippen molar-refractivity contribution in [3.05, 3.63) is 107 Å². The van der Waals surface area contributed by atoms with Gasteiger partial charge in [0.25, 0.3) is 5.91 Å². The molecule has 3 aromatic rings. The summed E-state index contributed by atoms with van der Waals surface area (Å²) >= 11 is 0. The third-order valence-corrected chi connectivity index (χ3v) is 5.63. The molecule has 0 fully saturated rings. The number of benzene rings is 3. The number of carbonyl (C=O) groups is 1. The summed E-state index contributed by atoms with van der Waals surface area (Å²) in [6.07, 6.45) is -2.65. The second-order valence-electron chi connectivity index (χ2n) is 7.80. The number of carbonyl (C=O) groups excluding carboxylic acids is 1. The molecule has 0 saturated carbocycles. The van der Waals surface area contributed by atoms with E-state index in [1.165, 1.54) is 17.0 Å². The molecule has 1 aliphatic rings. The third-order valence-electron chi connectivity index (χ3n) is 5.63. The van der Waals surface area contributed by atoms with Gasteiger partial charge in [0.15, 0.2) is 0 Å². The molecule has 7 heteroatoms. The lowest BCUT2D eigenvalue weighted by atomic mass is 10.1. The fraction of sp³-hybridized carbons (Fsp3) is 0.192. The van der Waals surface area contributed by atoms with Crippen molar-refractivity contribution in [2.45, 2.75) is 25.2 Å². The van der Waals surface area contributed by atoms with Gasteiger partial charge in [-0.15, -0.1) is 0 Å². The lowest BCUT2D eigenvalue weighted by Crippen LogP contribution is -2.33. The molecule has 4 nitrogen and oxygen atoms in total. The topological polar surface area (TPSA) is 41.6 Å². The minimum absolute atomic E-state index is 0.139. The van der Waals surface area contributed by atoms with Crippen LogP contribution < -0.4 is 15.0 Å². The third kappa shape index (κ3) is 4.72. The van der Waals surface area contributed by atoms with E-state index in [2.05, 4.69) is 5.32 Å². The van der Waals surface area contributed by atoms with Crippen molar-refractivity contribution in [2.24, 2.45) is 0 Å². The van der Waals surface area contributed by atoms with E-state index in [0.29, 0.717) is 17.1 Å². The summed E-state index contributed by atoms with van der Waals surface area (Å²) < 4.78 is 44.5. The SMILES string of the molecule is COc1cccc([C@H]2C=C(N[C@H](C)c3ccccc3)C(=O)N2c2ccc(C(F)(F)F)cc2)c1. The van der Waals surface area contributed by atoms with Gasteiger partial charge in [-0.25, -0.2) is 0 Å². The van der Waals surface area contributed by atoms with Gasteiger partial charge in [-0.05, 0) is 60.5 Å². The number of methoxy groups -OCH3 is 1. The summed E-state index contributed by atoms with van der Waals surface area (Å²) in [5.74, 6) is 0.310. The number of anilines is 1. The number of nitrogens with one attached hydrogen (secondary N) is 1. The molecule has 0 spiro atoms. The number of ether oxygens (including phenoxy) is 1. The second-order valence-corrected chi connectivity index (χ2v) is 7.80. The average Bonchev–Trinajstić information content (AvgIpc) is 3.15. The summed E-state index contributed by atoms with van der Waals surface area (Å²) in [5, 5.41) is 3.27. The maximum absolute atomic E-state index is 13.4. The van der Waals surface area contributed by atoms with Gasteiger partial charge in [0, 0.05) is 11.7 Å². The van der Waals surface area contributed by atoms with Crippen LogP contribution in [0.25, 0.3) is 0 Å². The van der Waals surface area contributed by atoms with Crippen molar-refractivity contribution in [3.63, 3.8) is 0 Å². The number of hydrogen-bond acceptors (Lipinski definition) is 3. The molecule has 170 valence electrons. The van der Waals surface area contributed by atoms with Crippen molar-refractivity contribution in [1.82, 2.24) is 5.32 Å². The van der Waals surface area contributed by atoms with Crippen LogP contribution in [-0.4, -0.2) is 13.0 Å². The first-order chi connectivity index (χ1) is 15.8. The van der Waals surface area contributed by atoms with E-state index in [9.17, 15) is 18.0 Å². The molecule has 3 aromatic carbocycles. The molecule has 1 N–H and O–H groups in total. The summed E-state index contributed by atoms with van der Waals surface area (Å²) in [6.45, 7) is 1.95. The summed E-state index contributed by atoms with van der Waals surface area (Å²) in [4.78, 5) is 14.9. The molecule has 0 radical (unpaired) electrons. The fourth-order valence-electron chi connectivity index (χ4n) is 3.89. The van der Waals surface area contributed by atoms with Crippen molar-refractivity contribution < 1.29 is 22.7 Å². The highest BCUT2D eigenvalue weighted by Crippen LogP contribution is 2.38. The van der Waals surface area contributed by atoms with E-state index >= 15 is 0 Å². The zero-order valence-corrected chi connectivity index (χ0v) is 18.1. The molecule has 2 atom stereocenters. The van der Waals surface area contributed by atoms with Gasteiger partial charge in [0.2, 0.25) is 0 Å². The Kier molecular flexibility index (Phi) is 6.14. The lowest BCUT2D eigenvalue weighted by molar-refractivity contribution is -0.137. The fourth-order valence-corrected chi connectivity index (χ4v) is 3.89. The van der Waals surface area contributed by atoms with Gasteiger partial charge in [-0.1, -0.05) is 42.5 Å². The Morgan fingerprint density at radius 2 is 1.67 bits per heavy atom. The van der Waals surface area contributed by atoms with Crippen LogP contribution in [0.5, 0.6) is 5.75 Å². The zero-order valence-electron chi connectivity index (χ0n) is 18.1. The van der Waals surface area contributed by atoms with Crippen molar-refractivity contribution in [3.8, 4) is 5.75 Å². The normalized spacial score (nSPS) is 17.0. The minimum Gasteiger partial charge on any atom is -0.497 e. The molecule has 0 aromatic heterocycles. The molecular formula is C26H23F3N2O2. The monoisotopic (exact) mass is 452 g/mol. The zero-order chi connectivity index (χ0) is 23.6. The van der Waals surface area contributed by atoms with Crippen LogP contribution in [0.15, 0.2) is 90.6 Å². The summed E-state index contributed by atoms with van der Waals surface area (Å²) in [6, 6.07) is 21.0. The molecular weight excluding hydrogens is 429 g/mol. The maximum Gasteiger partial charge on any atom is 0.416 e. The number of nitrogens with zero attached hydrogens (tertiary/aromatic N) is 1. The van der Waals surface area contributed by atoms with E-state index in [-0.39, 0.29) is 11.9 Å². The number of halogens is 3. The Hall–Kier alpha value is -3.74. The maximum atomic E-state index is 13.4. The Morgan fingerprint density at radius 1 is 0.970 bits per heavy atom. The average molecular weight is 452 g/mol. The predicted octanol–water partition coefficient (Wildman–Crippen LogP) is 6.04. The van der Waals surface area contributed by atoms with Crippen LogP contribution in [0.1, 0.15) is 35.7 Å². The van der Waals surface area contributed by atoms with Gasteiger partial charge in [-0.3, -0.25) is 9.69 Å². The van der Waals surface area contributed by atoms with Crippen molar-refractivity contribution >= 4 is 11.6 Å². The highest BCUT2D eigenvalue weighted by molar-refractivity contribution is 6.08. The Balaban J connectivity index is 1.70. The predicted molar refractivity (Wildman–Crippen MR) is 121 cm³/mol. The van der Waals surface area contributed by atoms with Gasteiger partial charge < -0.3 is 10.1 Å².